The van der Waals surface area contributed by atoms with Crippen LogP contribution in [-0.2, 0) is 9.53 Å². The molecule has 0 aromatic carbocycles. The molecule has 0 aliphatic heterocycles. The maximum Gasteiger partial charge on any atom is 0.319 e. The highest BCUT2D eigenvalue weighted by Crippen LogP contribution is 2.64. The lowest BCUT2D eigenvalue weighted by atomic mass is 9.71. The molecule has 0 radical (unpaired) electrons. The van der Waals surface area contributed by atoms with Crippen LogP contribution in [0, 0.1) is 23.7 Å². The van der Waals surface area contributed by atoms with Gasteiger partial charge in [0, 0.05) is 5.92 Å². The van der Waals surface area contributed by atoms with Gasteiger partial charge in [-0.2, -0.15) is 0 Å². The third-order valence-electron chi connectivity index (χ3n) is 6.10. The van der Waals surface area contributed by atoms with Crippen molar-refractivity contribution in [3.63, 3.8) is 0 Å². The van der Waals surface area contributed by atoms with E-state index in [1.807, 2.05) is 0 Å². The molecule has 108 valence electrons. The molecule has 0 aromatic heterocycles. The van der Waals surface area contributed by atoms with Gasteiger partial charge >= 0.3 is 5.97 Å². The molecule has 3 saturated carbocycles. The molecule has 0 amide bonds. The van der Waals surface area contributed by atoms with Gasteiger partial charge in [0.1, 0.15) is 9.53 Å². The minimum absolute atomic E-state index is 0.0273. The van der Waals surface area contributed by atoms with Crippen LogP contribution in [0.25, 0.3) is 0 Å². The molecule has 2 nitrogen and oxygen atoms in total. The molecule has 3 heteroatoms. The van der Waals surface area contributed by atoms with Crippen LogP contribution in [0.1, 0.15) is 58.8 Å². The summed E-state index contributed by atoms with van der Waals surface area (Å²) >= 11 is 2.23. The SMILES string of the molecule is CCC(I)C(=O)OC1(CC)CC2CC1C1CCCC21. The molecule has 0 heterocycles. The van der Waals surface area contributed by atoms with E-state index in [0.29, 0.717) is 5.92 Å². The monoisotopic (exact) mass is 376 g/mol. The van der Waals surface area contributed by atoms with E-state index in [1.54, 1.807) is 0 Å². The first kappa shape index (κ1) is 14.2. The highest BCUT2D eigenvalue weighted by atomic mass is 127. The van der Waals surface area contributed by atoms with Gasteiger partial charge in [-0.05, 0) is 56.3 Å². The van der Waals surface area contributed by atoms with Crippen LogP contribution >= 0.6 is 22.6 Å². The second-order valence-corrected chi connectivity index (χ2v) is 8.28. The molecule has 0 aromatic rings. The fourth-order valence-corrected chi connectivity index (χ4v) is 5.37. The average molecular weight is 376 g/mol. The van der Waals surface area contributed by atoms with Crippen molar-refractivity contribution in [2.24, 2.45) is 23.7 Å². The Kier molecular flexibility index (Phi) is 3.87. The zero-order chi connectivity index (χ0) is 13.6. The van der Waals surface area contributed by atoms with Crippen LogP contribution in [0.3, 0.4) is 0 Å². The summed E-state index contributed by atoms with van der Waals surface area (Å²) in [6, 6.07) is 0. The Morgan fingerprint density at radius 3 is 2.79 bits per heavy atom. The molecule has 0 N–H and O–H groups in total. The van der Waals surface area contributed by atoms with Gasteiger partial charge in [0.05, 0.1) is 0 Å². The Labute approximate surface area is 130 Å². The van der Waals surface area contributed by atoms with E-state index in [2.05, 4.69) is 36.4 Å². The van der Waals surface area contributed by atoms with Crippen molar-refractivity contribution in [2.75, 3.05) is 0 Å². The predicted molar refractivity (Wildman–Crippen MR) is 84.3 cm³/mol. The van der Waals surface area contributed by atoms with Crippen LogP contribution in [0.4, 0.5) is 0 Å². The average Bonchev–Trinajstić information content (AvgIpc) is 3.08. The minimum Gasteiger partial charge on any atom is -0.458 e. The number of rotatable bonds is 4. The Hall–Kier alpha value is 0.200. The summed E-state index contributed by atoms with van der Waals surface area (Å²) in [4.78, 5) is 12.2. The highest BCUT2D eigenvalue weighted by molar-refractivity contribution is 14.1. The third kappa shape index (κ3) is 2.14. The third-order valence-corrected chi connectivity index (χ3v) is 7.49. The normalized spacial score (nSPS) is 45.2. The lowest BCUT2D eigenvalue weighted by Gasteiger charge is -2.42. The van der Waals surface area contributed by atoms with Crippen molar-refractivity contribution in [1.82, 2.24) is 0 Å². The van der Waals surface area contributed by atoms with Crippen molar-refractivity contribution in [1.29, 1.82) is 0 Å². The van der Waals surface area contributed by atoms with E-state index in [4.69, 9.17) is 4.74 Å². The lowest BCUT2D eigenvalue weighted by molar-refractivity contribution is -0.169. The molecule has 3 aliphatic carbocycles. The Bertz CT molecular complexity index is 370. The number of fused-ring (bicyclic) bond motifs is 5. The quantitative estimate of drug-likeness (QED) is 0.414. The fraction of sp³-hybridized carbons (Fsp3) is 0.938. The standard InChI is InChI=1S/C16H25IO2/c1-3-14(17)15(18)19-16(4-2)9-10-8-13(16)12-7-5-6-11(10)12/h10-14H,3-9H2,1-2H3. The number of esters is 1. The molecule has 2 bridgehead atoms. The van der Waals surface area contributed by atoms with Crippen LogP contribution in [0.15, 0.2) is 0 Å². The molecular weight excluding hydrogens is 351 g/mol. The number of ether oxygens (including phenoxy) is 1. The zero-order valence-corrected chi connectivity index (χ0v) is 14.2. The van der Waals surface area contributed by atoms with Gasteiger partial charge in [-0.25, -0.2) is 0 Å². The molecule has 0 spiro atoms. The van der Waals surface area contributed by atoms with Gasteiger partial charge in [0.15, 0.2) is 0 Å². The molecule has 0 saturated heterocycles. The minimum atomic E-state index is -0.105. The Morgan fingerprint density at radius 2 is 2.11 bits per heavy atom. The second-order valence-electron chi connectivity index (χ2n) is 6.78. The summed E-state index contributed by atoms with van der Waals surface area (Å²) in [6.07, 6.45) is 8.58. The van der Waals surface area contributed by atoms with Crippen molar-refractivity contribution >= 4 is 28.6 Å². The number of carbonyl (C=O) groups is 1. The van der Waals surface area contributed by atoms with Crippen molar-refractivity contribution < 1.29 is 9.53 Å². The summed E-state index contributed by atoms with van der Waals surface area (Å²) in [5.41, 5.74) is -0.105. The molecule has 3 aliphatic rings. The number of hydrogen-bond donors (Lipinski definition) is 0. The Balaban J connectivity index is 1.76. The Morgan fingerprint density at radius 1 is 1.37 bits per heavy atom. The molecule has 19 heavy (non-hydrogen) atoms. The summed E-state index contributed by atoms with van der Waals surface area (Å²) < 4.78 is 6.12. The van der Waals surface area contributed by atoms with E-state index in [1.165, 1.54) is 25.7 Å². The molecule has 3 fully saturated rings. The van der Waals surface area contributed by atoms with E-state index >= 15 is 0 Å². The van der Waals surface area contributed by atoms with E-state index in [0.717, 1.165) is 37.0 Å². The van der Waals surface area contributed by atoms with E-state index in [9.17, 15) is 4.79 Å². The van der Waals surface area contributed by atoms with E-state index < -0.39 is 0 Å². The molecular formula is C16H25IO2. The first-order chi connectivity index (χ1) is 9.11. The predicted octanol–water partition coefficient (Wildman–Crippen LogP) is 4.35. The van der Waals surface area contributed by atoms with Gasteiger partial charge in [-0.1, -0.05) is 42.9 Å². The van der Waals surface area contributed by atoms with Crippen LogP contribution in [0.5, 0.6) is 0 Å². The molecule has 3 rings (SSSR count). The maximum atomic E-state index is 12.2. The van der Waals surface area contributed by atoms with Gasteiger partial charge < -0.3 is 4.74 Å². The number of alkyl halides is 1. The second kappa shape index (κ2) is 5.19. The number of carbonyl (C=O) groups excluding carboxylic acids is 1. The van der Waals surface area contributed by atoms with Gasteiger partial charge in [0.25, 0.3) is 0 Å². The summed E-state index contributed by atoms with van der Waals surface area (Å²) in [7, 11) is 0. The number of halogens is 1. The number of hydrogen-bond acceptors (Lipinski definition) is 2. The summed E-state index contributed by atoms with van der Waals surface area (Å²) in [6.45, 7) is 4.27. The van der Waals surface area contributed by atoms with Crippen molar-refractivity contribution in [3.05, 3.63) is 0 Å². The largest absolute Gasteiger partial charge is 0.458 e. The zero-order valence-electron chi connectivity index (χ0n) is 12.0. The summed E-state index contributed by atoms with van der Waals surface area (Å²) in [5.74, 6) is 3.37. The first-order valence-corrected chi connectivity index (χ1v) is 9.22. The van der Waals surface area contributed by atoms with Crippen molar-refractivity contribution in [3.8, 4) is 0 Å². The highest BCUT2D eigenvalue weighted by Gasteiger charge is 2.62. The van der Waals surface area contributed by atoms with Crippen molar-refractivity contribution in [2.45, 2.75) is 68.3 Å². The lowest BCUT2D eigenvalue weighted by Crippen LogP contribution is -2.46. The van der Waals surface area contributed by atoms with Crippen LogP contribution in [0.2, 0.25) is 0 Å². The van der Waals surface area contributed by atoms with Crippen LogP contribution in [-0.4, -0.2) is 15.5 Å². The molecule has 6 atom stereocenters. The summed E-state index contributed by atoms with van der Waals surface area (Å²) in [5, 5.41) is 0. The van der Waals surface area contributed by atoms with Gasteiger partial charge in [-0.15, -0.1) is 0 Å². The molecule has 6 unspecified atom stereocenters. The first-order valence-electron chi connectivity index (χ1n) is 7.98. The fourth-order valence-electron chi connectivity index (χ4n) is 5.24. The maximum absolute atomic E-state index is 12.2. The van der Waals surface area contributed by atoms with Gasteiger partial charge in [-0.3, -0.25) is 4.79 Å². The van der Waals surface area contributed by atoms with E-state index in [-0.39, 0.29) is 15.5 Å². The van der Waals surface area contributed by atoms with Gasteiger partial charge in [0.2, 0.25) is 0 Å². The van der Waals surface area contributed by atoms with Crippen LogP contribution < -0.4 is 0 Å². The topological polar surface area (TPSA) is 26.3 Å². The smallest absolute Gasteiger partial charge is 0.319 e.